The number of ether oxygens (including phenoxy) is 2. The Morgan fingerprint density at radius 1 is 1.25 bits per heavy atom. The van der Waals surface area contributed by atoms with Gasteiger partial charge in [-0.3, -0.25) is 13.9 Å². The molecule has 5 N–H and O–H groups in total. The Balaban J connectivity index is 1.56. The molecule has 2 aromatic heterocycles. The number of nitrogens with zero attached hydrogens (tertiary/aromatic N) is 4. The number of carbonyl (C=O) groups is 1. The molecule has 15 heteroatoms. The lowest BCUT2D eigenvalue weighted by molar-refractivity contribution is -0.149. The molecule has 4 rings (SSSR count). The zero-order chi connectivity index (χ0) is 29.2. The first kappa shape index (κ1) is 29.7. The van der Waals surface area contributed by atoms with E-state index < -0.39 is 43.6 Å². The van der Waals surface area contributed by atoms with E-state index in [1.165, 1.54) is 13.3 Å². The molecule has 0 bridgehead atoms. The van der Waals surface area contributed by atoms with E-state index in [-0.39, 0.29) is 24.4 Å². The van der Waals surface area contributed by atoms with Crippen molar-refractivity contribution in [3.05, 3.63) is 36.7 Å². The zero-order valence-electron chi connectivity index (χ0n) is 23.3. The van der Waals surface area contributed by atoms with Crippen molar-refractivity contribution < 1.29 is 33.0 Å². The van der Waals surface area contributed by atoms with Crippen LogP contribution in [-0.2, 0) is 23.4 Å². The van der Waals surface area contributed by atoms with Crippen LogP contribution in [0.2, 0.25) is 0 Å². The molecule has 0 spiro atoms. The SMILES string of the molecule is CNc1nc(N)nc2c1ncn2[C@@H]1O[C@H](CO[P@](=O)(N[C@H](C)C(=O)OC(C)C)Oc2ccccc2)[C@@H](O)C1(C)C. The molecule has 218 valence electrons. The Labute approximate surface area is 232 Å². The number of esters is 1. The summed E-state index contributed by atoms with van der Waals surface area (Å²) in [5.41, 5.74) is 5.94. The molecule has 1 saturated heterocycles. The number of rotatable bonds is 11. The van der Waals surface area contributed by atoms with Gasteiger partial charge in [-0.1, -0.05) is 32.0 Å². The fraction of sp³-hybridized carbons (Fsp3) is 0.520. The molecule has 0 amide bonds. The number of nitrogen functional groups attached to an aromatic ring is 1. The van der Waals surface area contributed by atoms with Gasteiger partial charge in [0.25, 0.3) is 0 Å². The van der Waals surface area contributed by atoms with Crippen LogP contribution in [0.1, 0.15) is 40.8 Å². The number of fused-ring (bicyclic) bond motifs is 1. The first-order valence-electron chi connectivity index (χ1n) is 12.8. The molecule has 3 heterocycles. The predicted octanol–water partition coefficient (Wildman–Crippen LogP) is 2.87. The highest BCUT2D eigenvalue weighted by Crippen LogP contribution is 2.49. The van der Waals surface area contributed by atoms with Gasteiger partial charge in [-0.05, 0) is 32.9 Å². The molecular formula is C25H36N7O7P. The Kier molecular flexibility index (Phi) is 8.66. The topological polar surface area (TPSA) is 185 Å². The van der Waals surface area contributed by atoms with Gasteiger partial charge in [-0.15, -0.1) is 0 Å². The number of aliphatic hydroxyl groups is 1. The molecule has 3 aromatic rings. The van der Waals surface area contributed by atoms with Gasteiger partial charge in [0.05, 0.1) is 25.1 Å². The Morgan fingerprint density at radius 2 is 1.95 bits per heavy atom. The summed E-state index contributed by atoms with van der Waals surface area (Å²) in [6, 6.07) is 7.38. The van der Waals surface area contributed by atoms with Gasteiger partial charge in [-0.25, -0.2) is 9.55 Å². The van der Waals surface area contributed by atoms with Crippen LogP contribution in [0, 0.1) is 5.41 Å². The maximum Gasteiger partial charge on any atom is 0.459 e. The molecule has 0 radical (unpaired) electrons. The Bertz CT molecular complexity index is 1380. The van der Waals surface area contributed by atoms with Crippen molar-refractivity contribution in [1.29, 1.82) is 0 Å². The lowest BCUT2D eigenvalue weighted by Crippen LogP contribution is -2.38. The van der Waals surface area contributed by atoms with Crippen LogP contribution >= 0.6 is 7.75 Å². The monoisotopic (exact) mass is 577 g/mol. The summed E-state index contributed by atoms with van der Waals surface area (Å²) in [5.74, 6) is 0.136. The summed E-state index contributed by atoms with van der Waals surface area (Å²) in [5, 5.41) is 16.8. The number of aliphatic hydroxyl groups excluding tert-OH is 1. The van der Waals surface area contributed by atoms with E-state index in [0.717, 1.165) is 0 Å². The van der Waals surface area contributed by atoms with Crippen LogP contribution in [0.3, 0.4) is 0 Å². The summed E-state index contributed by atoms with van der Waals surface area (Å²) in [7, 11) is -2.46. The maximum atomic E-state index is 13.8. The number of nitrogens with one attached hydrogen (secondary N) is 2. The van der Waals surface area contributed by atoms with Gasteiger partial charge in [0.2, 0.25) is 5.95 Å². The van der Waals surface area contributed by atoms with Gasteiger partial charge >= 0.3 is 13.7 Å². The van der Waals surface area contributed by atoms with Crippen molar-refractivity contribution in [2.24, 2.45) is 5.41 Å². The summed E-state index contributed by atoms with van der Waals surface area (Å²) in [4.78, 5) is 25.3. The second-order valence-electron chi connectivity index (χ2n) is 10.3. The minimum Gasteiger partial charge on any atom is -0.462 e. The zero-order valence-corrected chi connectivity index (χ0v) is 24.2. The van der Waals surface area contributed by atoms with Crippen molar-refractivity contribution in [3.8, 4) is 5.75 Å². The van der Waals surface area contributed by atoms with E-state index in [4.69, 9.17) is 24.3 Å². The molecule has 1 aliphatic rings. The minimum atomic E-state index is -4.16. The second kappa shape index (κ2) is 11.7. The number of hydrogen-bond acceptors (Lipinski definition) is 12. The Hall–Kier alpha value is -3.29. The summed E-state index contributed by atoms with van der Waals surface area (Å²) >= 11 is 0. The average molecular weight is 578 g/mol. The van der Waals surface area contributed by atoms with E-state index in [0.29, 0.717) is 17.0 Å². The molecule has 1 fully saturated rings. The summed E-state index contributed by atoms with van der Waals surface area (Å²) < 4.78 is 38.4. The quantitative estimate of drug-likeness (QED) is 0.193. The van der Waals surface area contributed by atoms with E-state index in [2.05, 4.69) is 25.4 Å². The number of anilines is 2. The molecule has 5 atom stereocenters. The third kappa shape index (κ3) is 6.21. The van der Waals surface area contributed by atoms with Gasteiger partial charge in [0, 0.05) is 12.5 Å². The smallest absolute Gasteiger partial charge is 0.459 e. The van der Waals surface area contributed by atoms with E-state index in [9.17, 15) is 14.5 Å². The lowest BCUT2D eigenvalue weighted by Gasteiger charge is -2.29. The molecular weight excluding hydrogens is 541 g/mol. The highest BCUT2D eigenvalue weighted by molar-refractivity contribution is 7.52. The number of benzene rings is 1. The summed E-state index contributed by atoms with van der Waals surface area (Å²) in [6.45, 7) is 8.23. The van der Waals surface area contributed by atoms with Crippen LogP contribution in [-0.4, -0.2) is 68.6 Å². The van der Waals surface area contributed by atoms with Crippen LogP contribution in [0.15, 0.2) is 36.7 Å². The molecule has 0 unspecified atom stereocenters. The van der Waals surface area contributed by atoms with Crippen molar-refractivity contribution in [1.82, 2.24) is 24.6 Å². The highest BCUT2D eigenvalue weighted by Gasteiger charge is 2.52. The van der Waals surface area contributed by atoms with Gasteiger partial charge in [0.15, 0.2) is 17.0 Å². The van der Waals surface area contributed by atoms with Crippen molar-refractivity contribution in [2.75, 3.05) is 24.7 Å². The molecule has 0 aliphatic carbocycles. The molecule has 1 aliphatic heterocycles. The number of hydrogen-bond donors (Lipinski definition) is 4. The number of carbonyl (C=O) groups excluding carboxylic acids is 1. The van der Waals surface area contributed by atoms with Crippen molar-refractivity contribution >= 4 is 36.6 Å². The van der Waals surface area contributed by atoms with E-state index >= 15 is 0 Å². The van der Waals surface area contributed by atoms with Crippen molar-refractivity contribution in [3.63, 3.8) is 0 Å². The van der Waals surface area contributed by atoms with Crippen LogP contribution in [0.5, 0.6) is 5.75 Å². The predicted molar refractivity (Wildman–Crippen MR) is 147 cm³/mol. The molecule has 40 heavy (non-hydrogen) atoms. The fourth-order valence-electron chi connectivity index (χ4n) is 4.38. The van der Waals surface area contributed by atoms with Gasteiger partial charge < -0.3 is 30.2 Å². The summed E-state index contributed by atoms with van der Waals surface area (Å²) in [6.07, 6.45) is -1.53. The number of aromatic nitrogens is 4. The first-order valence-corrected chi connectivity index (χ1v) is 14.4. The number of para-hydroxylation sites is 1. The van der Waals surface area contributed by atoms with E-state index in [1.54, 1.807) is 55.8 Å². The highest BCUT2D eigenvalue weighted by atomic mass is 31.2. The van der Waals surface area contributed by atoms with Crippen LogP contribution in [0.4, 0.5) is 11.8 Å². The normalized spacial score (nSPS) is 22.6. The second-order valence-corrected chi connectivity index (χ2v) is 12.0. The maximum absolute atomic E-state index is 13.8. The third-order valence-corrected chi connectivity index (χ3v) is 8.06. The molecule has 14 nitrogen and oxygen atoms in total. The van der Waals surface area contributed by atoms with Crippen LogP contribution in [0.25, 0.3) is 11.2 Å². The fourth-order valence-corrected chi connectivity index (χ4v) is 5.88. The van der Waals surface area contributed by atoms with E-state index in [1.807, 2.05) is 13.8 Å². The number of imidazole rings is 1. The van der Waals surface area contributed by atoms with Crippen molar-refractivity contribution in [2.45, 2.75) is 65.2 Å². The van der Waals surface area contributed by atoms with Crippen LogP contribution < -0.4 is 20.7 Å². The molecule has 1 aromatic carbocycles. The Morgan fingerprint density at radius 3 is 2.60 bits per heavy atom. The first-order chi connectivity index (χ1) is 18.8. The largest absolute Gasteiger partial charge is 0.462 e. The third-order valence-electron chi connectivity index (χ3n) is 6.42. The average Bonchev–Trinajstić information content (AvgIpc) is 3.40. The molecule has 0 saturated carbocycles. The standard InChI is InChI=1S/C25H36N7O7P/c1-14(2)37-22(34)15(3)31-40(35,39-16-10-8-7-9-11-16)36-12-17-19(33)25(4,5)23(38-17)32-13-28-18-20(27-6)29-24(26)30-21(18)32/h7-11,13-15,17,19,23,33H,12H2,1-6H3,(H,31,35)(H3,26,27,29,30)/t15-,17-,19-,23-,40-/m1/s1. The van der Waals surface area contributed by atoms with Gasteiger partial charge in [-0.2, -0.15) is 15.1 Å². The minimum absolute atomic E-state index is 0.0463. The lowest BCUT2D eigenvalue weighted by atomic mass is 9.84. The number of nitrogens with two attached hydrogens (primary N) is 1. The van der Waals surface area contributed by atoms with Gasteiger partial charge in [0.1, 0.15) is 24.1 Å².